The van der Waals surface area contributed by atoms with Crippen LogP contribution in [0.15, 0.2) is 24.8 Å². The lowest BCUT2D eigenvalue weighted by Crippen LogP contribution is -2.35. The van der Waals surface area contributed by atoms with Crippen molar-refractivity contribution in [2.45, 2.75) is 38.6 Å². The van der Waals surface area contributed by atoms with E-state index in [4.69, 9.17) is 4.74 Å². The second-order valence-corrected chi connectivity index (χ2v) is 6.92. The lowest BCUT2D eigenvalue weighted by molar-refractivity contribution is 0.193. The van der Waals surface area contributed by atoms with Crippen molar-refractivity contribution in [3.63, 3.8) is 0 Å². The van der Waals surface area contributed by atoms with E-state index in [1.54, 1.807) is 6.33 Å². The largest absolute Gasteiger partial charge is 0.381 e. The minimum Gasteiger partial charge on any atom is -0.381 e. The van der Waals surface area contributed by atoms with Gasteiger partial charge in [0, 0.05) is 50.6 Å². The smallest absolute Gasteiger partial charge is 0.132 e. The van der Waals surface area contributed by atoms with E-state index in [0.717, 1.165) is 62.5 Å². The molecule has 4 heterocycles. The molecule has 0 spiro atoms. The molecule has 1 unspecified atom stereocenters. The summed E-state index contributed by atoms with van der Waals surface area (Å²) < 4.78 is 7.76. The maximum atomic E-state index is 5.49. The van der Waals surface area contributed by atoms with Crippen LogP contribution >= 0.6 is 0 Å². The molecule has 6 nitrogen and oxygen atoms in total. The normalized spacial score (nSPS) is 22.2. The van der Waals surface area contributed by atoms with Gasteiger partial charge in [-0.15, -0.1) is 0 Å². The Labute approximate surface area is 142 Å². The summed E-state index contributed by atoms with van der Waals surface area (Å²) in [7, 11) is 0. The molecule has 0 N–H and O–H groups in total. The van der Waals surface area contributed by atoms with Crippen molar-refractivity contribution in [1.29, 1.82) is 0 Å². The zero-order chi connectivity index (χ0) is 16.4. The Morgan fingerprint density at radius 3 is 2.75 bits per heavy atom. The van der Waals surface area contributed by atoms with Gasteiger partial charge in [-0.2, -0.15) is 0 Å². The van der Waals surface area contributed by atoms with E-state index in [2.05, 4.69) is 43.6 Å². The molecule has 2 aromatic heterocycles. The van der Waals surface area contributed by atoms with Gasteiger partial charge in [0.1, 0.15) is 18.0 Å². The van der Waals surface area contributed by atoms with Gasteiger partial charge in [-0.1, -0.05) is 0 Å². The fraction of sp³-hybridized carbons (Fsp3) is 0.611. The van der Waals surface area contributed by atoms with Crippen molar-refractivity contribution in [3.8, 4) is 0 Å². The van der Waals surface area contributed by atoms with Crippen LogP contribution in [-0.4, -0.2) is 45.8 Å². The van der Waals surface area contributed by atoms with Crippen molar-refractivity contribution in [2.24, 2.45) is 5.92 Å². The van der Waals surface area contributed by atoms with Crippen LogP contribution in [0.25, 0.3) is 0 Å². The first kappa shape index (κ1) is 15.6. The van der Waals surface area contributed by atoms with Crippen molar-refractivity contribution in [3.05, 3.63) is 36.3 Å². The number of nitrogens with zero attached hydrogens (tertiary/aromatic N) is 5. The van der Waals surface area contributed by atoms with E-state index in [9.17, 15) is 0 Å². The van der Waals surface area contributed by atoms with Crippen molar-refractivity contribution >= 4 is 5.82 Å². The molecule has 128 valence electrons. The van der Waals surface area contributed by atoms with E-state index >= 15 is 0 Å². The van der Waals surface area contributed by atoms with E-state index in [0.29, 0.717) is 5.92 Å². The van der Waals surface area contributed by atoms with Crippen LogP contribution in [0.1, 0.15) is 36.7 Å². The highest BCUT2D eigenvalue weighted by molar-refractivity contribution is 5.40. The van der Waals surface area contributed by atoms with Crippen LogP contribution in [0.5, 0.6) is 0 Å². The zero-order valence-electron chi connectivity index (χ0n) is 14.3. The number of imidazole rings is 1. The molecular formula is C18H25N5O. The fourth-order valence-electron chi connectivity index (χ4n) is 3.74. The Balaban J connectivity index is 1.37. The first-order valence-corrected chi connectivity index (χ1v) is 8.92. The molecule has 0 radical (unpaired) electrons. The Kier molecular flexibility index (Phi) is 4.47. The summed E-state index contributed by atoms with van der Waals surface area (Å²) in [5.74, 6) is 3.34. The fourth-order valence-corrected chi connectivity index (χ4v) is 3.74. The van der Waals surface area contributed by atoms with Gasteiger partial charge in [-0.25, -0.2) is 15.0 Å². The topological polar surface area (TPSA) is 56.1 Å². The summed E-state index contributed by atoms with van der Waals surface area (Å²) in [4.78, 5) is 15.7. The number of hydrogen-bond donors (Lipinski definition) is 0. The molecule has 0 bridgehead atoms. The molecule has 0 aromatic carbocycles. The number of aromatic nitrogens is 4. The van der Waals surface area contributed by atoms with Crippen LogP contribution in [0, 0.1) is 12.8 Å². The highest BCUT2D eigenvalue weighted by Crippen LogP contribution is 2.27. The molecule has 0 saturated carbocycles. The summed E-state index contributed by atoms with van der Waals surface area (Å²) in [6.45, 7) is 6.93. The summed E-state index contributed by atoms with van der Waals surface area (Å²) in [5.41, 5.74) is 1.13. The number of piperidine rings is 1. The molecule has 0 aliphatic carbocycles. The average Bonchev–Trinajstić information content (AvgIpc) is 3.28. The maximum Gasteiger partial charge on any atom is 0.132 e. The molecule has 2 aromatic rings. The highest BCUT2D eigenvalue weighted by atomic mass is 16.5. The summed E-state index contributed by atoms with van der Waals surface area (Å²) in [5, 5.41) is 0. The third kappa shape index (κ3) is 3.29. The summed E-state index contributed by atoms with van der Waals surface area (Å²) in [6, 6.07) is 2.17. The number of anilines is 1. The second-order valence-electron chi connectivity index (χ2n) is 6.92. The Morgan fingerprint density at radius 1 is 1.17 bits per heavy atom. The van der Waals surface area contributed by atoms with E-state index in [1.165, 1.54) is 12.8 Å². The van der Waals surface area contributed by atoms with Crippen LogP contribution in [-0.2, 0) is 11.3 Å². The third-order valence-corrected chi connectivity index (χ3v) is 5.34. The van der Waals surface area contributed by atoms with Gasteiger partial charge in [0.25, 0.3) is 0 Å². The van der Waals surface area contributed by atoms with Crippen molar-refractivity contribution in [1.82, 2.24) is 19.5 Å². The van der Waals surface area contributed by atoms with E-state index < -0.39 is 0 Å². The van der Waals surface area contributed by atoms with Crippen molar-refractivity contribution < 1.29 is 4.74 Å². The van der Waals surface area contributed by atoms with Crippen LogP contribution in [0.4, 0.5) is 5.82 Å². The predicted octanol–water partition coefficient (Wildman–Crippen LogP) is 2.40. The molecule has 4 rings (SSSR count). The highest BCUT2D eigenvalue weighted by Gasteiger charge is 2.23. The molecule has 2 fully saturated rings. The minimum atomic E-state index is 0.438. The molecule has 6 heteroatoms. The van der Waals surface area contributed by atoms with Gasteiger partial charge in [-0.3, -0.25) is 0 Å². The van der Waals surface area contributed by atoms with Gasteiger partial charge < -0.3 is 14.2 Å². The van der Waals surface area contributed by atoms with E-state index in [1.807, 2.05) is 6.20 Å². The van der Waals surface area contributed by atoms with Crippen LogP contribution in [0.2, 0.25) is 0 Å². The Morgan fingerprint density at radius 2 is 2.04 bits per heavy atom. The maximum absolute atomic E-state index is 5.49. The first-order valence-electron chi connectivity index (χ1n) is 8.92. The molecule has 2 saturated heterocycles. The van der Waals surface area contributed by atoms with Crippen LogP contribution < -0.4 is 4.90 Å². The lowest BCUT2D eigenvalue weighted by atomic mass is 9.96. The SMILES string of the molecule is Cc1nccn1CC1CCN(c2cc(C3CCOC3)ncn2)CC1. The Hall–Kier alpha value is -1.95. The quantitative estimate of drug-likeness (QED) is 0.863. The standard InChI is InChI=1S/C18H25N5O/c1-14-19-5-8-23(14)11-15-2-6-22(7-3-15)18-10-17(20-13-21-18)16-4-9-24-12-16/h5,8,10,13,15-16H,2-4,6-7,9,11-12H2,1H3. The van der Waals surface area contributed by atoms with Gasteiger partial charge >= 0.3 is 0 Å². The van der Waals surface area contributed by atoms with Gasteiger partial charge in [0.15, 0.2) is 0 Å². The predicted molar refractivity (Wildman–Crippen MR) is 92.1 cm³/mol. The molecule has 2 aliphatic heterocycles. The lowest BCUT2D eigenvalue weighted by Gasteiger charge is -2.33. The summed E-state index contributed by atoms with van der Waals surface area (Å²) in [6.07, 6.45) is 9.15. The number of aryl methyl sites for hydroxylation is 1. The molecule has 2 aliphatic rings. The second kappa shape index (κ2) is 6.89. The number of hydrogen-bond acceptors (Lipinski definition) is 5. The van der Waals surface area contributed by atoms with Crippen LogP contribution in [0.3, 0.4) is 0 Å². The van der Waals surface area contributed by atoms with Gasteiger partial charge in [-0.05, 0) is 32.1 Å². The molecule has 24 heavy (non-hydrogen) atoms. The van der Waals surface area contributed by atoms with Gasteiger partial charge in [0.05, 0.1) is 12.3 Å². The third-order valence-electron chi connectivity index (χ3n) is 5.34. The summed E-state index contributed by atoms with van der Waals surface area (Å²) >= 11 is 0. The molecular weight excluding hydrogens is 302 g/mol. The van der Waals surface area contributed by atoms with E-state index in [-0.39, 0.29) is 0 Å². The number of rotatable bonds is 4. The molecule has 0 amide bonds. The van der Waals surface area contributed by atoms with Gasteiger partial charge in [0.2, 0.25) is 0 Å². The van der Waals surface area contributed by atoms with Crippen molar-refractivity contribution in [2.75, 3.05) is 31.2 Å². The minimum absolute atomic E-state index is 0.438. The first-order chi connectivity index (χ1) is 11.8. The molecule has 1 atom stereocenters. The zero-order valence-corrected chi connectivity index (χ0v) is 14.3. The Bertz CT molecular complexity index is 672. The monoisotopic (exact) mass is 327 g/mol. The average molecular weight is 327 g/mol. The number of ether oxygens (including phenoxy) is 1.